The highest BCUT2D eigenvalue weighted by atomic mass is 16.2. The highest BCUT2D eigenvalue weighted by molar-refractivity contribution is 5.79. The summed E-state index contributed by atoms with van der Waals surface area (Å²) in [5, 5.41) is 8.69. The Morgan fingerprint density at radius 1 is 1.29 bits per heavy atom. The van der Waals surface area contributed by atoms with Crippen molar-refractivity contribution in [2.45, 2.75) is 38.3 Å². The maximum absolute atomic E-state index is 12.9. The summed E-state index contributed by atoms with van der Waals surface area (Å²) in [6.45, 7) is 4.96. The number of nitrogens with two attached hydrogens (primary N) is 1. The van der Waals surface area contributed by atoms with E-state index in [2.05, 4.69) is 15.2 Å². The van der Waals surface area contributed by atoms with E-state index >= 15 is 0 Å². The molecule has 0 aliphatic carbocycles. The summed E-state index contributed by atoms with van der Waals surface area (Å²) in [4.78, 5) is 16.6. The number of likely N-dealkylation sites (tertiary alicyclic amines) is 1. The van der Waals surface area contributed by atoms with Gasteiger partial charge in [-0.15, -0.1) is 5.10 Å². The Hall–Kier alpha value is -2.41. The molecule has 148 valence electrons. The van der Waals surface area contributed by atoms with Crippen LogP contribution in [-0.2, 0) is 11.3 Å². The third kappa shape index (κ3) is 3.28. The average Bonchev–Trinajstić information content (AvgIpc) is 3.40. The first-order valence-corrected chi connectivity index (χ1v) is 10.6. The Labute approximate surface area is 165 Å². The SMILES string of the molecule is Nc1cccc(-c2cn(C[C@H]3C[C@H]4CC[NH+]3C[C@@H]4C(=O)N3CCCC3)nn2)c1. The molecule has 2 aromatic rings. The molecule has 2 bridgehead atoms. The topological polar surface area (TPSA) is 81.5 Å². The lowest BCUT2D eigenvalue weighted by Crippen LogP contribution is -3.20. The average molecular weight is 382 g/mol. The van der Waals surface area contributed by atoms with Gasteiger partial charge in [0.05, 0.1) is 31.7 Å². The number of quaternary nitrogens is 1. The first kappa shape index (κ1) is 17.7. The molecular formula is C21H29N6O+. The Balaban J connectivity index is 1.25. The maximum Gasteiger partial charge on any atom is 0.231 e. The van der Waals surface area contributed by atoms with Crippen molar-refractivity contribution in [2.75, 3.05) is 31.9 Å². The van der Waals surface area contributed by atoms with E-state index in [-0.39, 0.29) is 5.92 Å². The van der Waals surface area contributed by atoms with Crippen LogP contribution in [0.2, 0.25) is 0 Å². The maximum atomic E-state index is 12.9. The number of hydrogen-bond acceptors (Lipinski definition) is 4. The number of rotatable bonds is 4. The van der Waals surface area contributed by atoms with Crippen LogP contribution >= 0.6 is 0 Å². The second-order valence-electron chi connectivity index (χ2n) is 8.68. The van der Waals surface area contributed by atoms with E-state index in [0.29, 0.717) is 17.9 Å². The van der Waals surface area contributed by atoms with Crippen molar-refractivity contribution in [1.82, 2.24) is 19.9 Å². The standard InChI is InChI=1S/C21H28N6O/c22-17-5-3-4-16(10-17)20-14-27(24-23-20)12-18-11-15-6-9-26(18)13-19(15)21(28)25-7-1-2-8-25/h3-5,10,14-15,18-19H,1-2,6-9,11-13,22H2/p+1/t15-,18-,19+/m1/s1. The molecule has 0 saturated carbocycles. The van der Waals surface area contributed by atoms with Crippen LogP contribution in [0, 0.1) is 11.8 Å². The van der Waals surface area contributed by atoms with Crippen molar-refractivity contribution in [3.8, 4) is 11.3 Å². The van der Waals surface area contributed by atoms with Crippen LogP contribution in [-0.4, -0.2) is 58.0 Å². The lowest BCUT2D eigenvalue weighted by Gasteiger charge is -2.46. The number of piperidine rings is 3. The fourth-order valence-corrected chi connectivity index (χ4v) is 5.42. The van der Waals surface area contributed by atoms with Crippen LogP contribution in [0.15, 0.2) is 30.5 Å². The second kappa shape index (κ2) is 7.20. The van der Waals surface area contributed by atoms with Gasteiger partial charge in [0, 0.05) is 37.2 Å². The van der Waals surface area contributed by atoms with Crippen molar-refractivity contribution < 1.29 is 9.69 Å². The summed E-state index contributed by atoms with van der Waals surface area (Å²) >= 11 is 0. The quantitative estimate of drug-likeness (QED) is 0.753. The Bertz CT molecular complexity index is 858. The van der Waals surface area contributed by atoms with Crippen molar-refractivity contribution in [1.29, 1.82) is 0 Å². The minimum Gasteiger partial charge on any atom is -0.399 e. The molecule has 5 heterocycles. The van der Waals surface area contributed by atoms with E-state index in [4.69, 9.17) is 5.73 Å². The molecule has 1 aromatic carbocycles. The van der Waals surface area contributed by atoms with Crippen molar-refractivity contribution >= 4 is 11.6 Å². The molecule has 4 aliphatic heterocycles. The molecule has 4 saturated heterocycles. The monoisotopic (exact) mass is 381 g/mol. The molecule has 0 radical (unpaired) electrons. The molecule has 28 heavy (non-hydrogen) atoms. The highest BCUT2D eigenvalue weighted by Gasteiger charge is 2.47. The van der Waals surface area contributed by atoms with Crippen molar-refractivity contribution in [3.63, 3.8) is 0 Å². The molecule has 4 aliphatic rings. The Morgan fingerprint density at radius 2 is 2.14 bits per heavy atom. The van der Waals surface area contributed by atoms with E-state index in [1.807, 2.05) is 35.1 Å². The van der Waals surface area contributed by atoms with Crippen molar-refractivity contribution in [2.24, 2.45) is 11.8 Å². The summed E-state index contributed by atoms with van der Waals surface area (Å²) in [5.74, 6) is 1.19. The van der Waals surface area contributed by atoms with Gasteiger partial charge in [-0.2, -0.15) is 0 Å². The molecular weight excluding hydrogens is 352 g/mol. The molecule has 1 amide bonds. The molecule has 0 spiro atoms. The van der Waals surface area contributed by atoms with Gasteiger partial charge in [0.25, 0.3) is 0 Å². The van der Waals surface area contributed by atoms with E-state index in [9.17, 15) is 4.79 Å². The summed E-state index contributed by atoms with van der Waals surface area (Å²) in [6.07, 6.45) is 6.66. The van der Waals surface area contributed by atoms with Gasteiger partial charge >= 0.3 is 0 Å². The largest absolute Gasteiger partial charge is 0.399 e. The van der Waals surface area contributed by atoms with Gasteiger partial charge in [0.2, 0.25) is 5.91 Å². The Morgan fingerprint density at radius 3 is 2.89 bits per heavy atom. The number of aromatic nitrogens is 3. The van der Waals surface area contributed by atoms with Gasteiger partial charge in [-0.05, 0) is 30.9 Å². The molecule has 4 atom stereocenters. The number of carbonyl (C=O) groups is 1. The summed E-state index contributed by atoms with van der Waals surface area (Å²) in [7, 11) is 0. The number of fused-ring (bicyclic) bond motifs is 3. The number of anilines is 1. The Kier molecular flexibility index (Phi) is 4.55. The molecule has 4 fully saturated rings. The van der Waals surface area contributed by atoms with E-state index < -0.39 is 0 Å². The van der Waals surface area contributed by atoms with Crippen LogP contribution in [0.4, 0.5) is 5.69 Å². The molecule has 3 N–H and O–H groups in total. The first-order chi connectivity index (χ1) is 13.7. The van der Waals surface area contributed by atoms with E-state index in [1.54, 1.807) is 4.90 Å². The third-order valence-electron chi connectivity index (χ3n) is 6.92. The fraction of sp³-hybridized carbons (Fsp3) is 0.571. The molecule has 1 aromatic heterocycles. The number of carbonyl (C=O) groups excluding carboxylic acids is 1. The second-order valence-corrected chi connectivity index (χ2v) is 8.68. The minimum absolute atomic E-state index is 0.233. The van der Waals surface area contributed by atoms with Gasteiger partial charge in [0.15, 0.2) is 0 Å². The molecule has 1 unspecified atom stereocenters. The minimum atomic E-state index is 0.233. The van der Waals surface area contributed by atoms with E-state index in [0.717, 1.165) is 49.5 Å². The predicted molar refractivity (Wildman–Crippen MR) is 106 cm³/mol. The van der Waals surface area contributed by atoms with Crippen molar-refractivity contribution in [3.05, 3.63) is 30.5 Å². The van der Waals surface area contributed by atoms with Crippen LogP contribution in [0.25, 0.3) is 11.3 Å². The summed E-state index contributed by atoms with van der Waals surface area (Å²) in [5.41, 5.74) is 8.49. The zero-order chi connectivity index (χ0) is 19.1. The smallest absolute Gasteiger partial charge is 0.231 e. The number of nitrogens with one attached hydrogen (secondary N) is 1. The van der Waals surface area contributed by atoms with Crippen LogP contribution < -0.4 is 10.6 Å². The van der Waals surface area contributed by atoms with Gasteiger partial charge in [-0.3, -0.25) is 4.79 Å². The number of nitrogen functional groups attached to an aromatic ring is 1. The first-order valence-electron chi connectivity index (χ1n) is 10.6. The van der Waals surface area contributed by atoms with Crippen LogP contribution in [0.3, 0.4) is 0 Å². The fourth-order valence-electron chi connectivity index (χ4n) is 5.42. The molecule has 7 nitrogen and oxygen atoms in total. The number of benzene rings is 1. The van der Waals surface area contributed by atoms with Crippen LogP contribution in [0.1, 0.15) is 25.7 Å². The summed E-state index contributed by atoms with van der Waals surface area (Å²) in [6, 6.07) is 8.29. The normalized spacial score (nSPS) is 29.4. The number of amides is 1. The number of hydrogen-bond donors (Lipinski definition) is 2. The predicted octanol–water partition coefficient (Wildman–Crippen LogP) is 0.443. The zero-order valence-corrected chi connectivity index (χ0v) is 16.3. The molecule has 6 rings (SSSR count). The highest BCUT2D eigenvalue weighted by Crippen LogP contribution is 2.30. The third-order valence-corrected chi connectivity index (χ3v) is 6.92. The van der Waals surface area contributed by atoms with E-state index in [1.165, 1.54) is 25.8 Å². The van der Waals surface area contributed by atoms with Gasteiger partial charge in [-0.25, -0.2) is 4.68 Å². The zero-order valence-electron chi connectivity index (χ0n) is 16.3. The van der Waals surface area contributed by atoms with Gasteiger partial charge in [0.1, 0.15) is 11.7 Å². The van der Waals surface area contributed by atoms with Crippen LogP contribution in [0.5, 0.6) is 0 Å². The summed E-state index contributed by atoms with van der Waals surface area (Å²) < 4.78 is 1.97. The molecule has 7 heteroatoms. The van der Waals surface area contributed by atoms with Gasteiger partial charge < -0.3 is 15.5 Å². The van der Waals surface area contributed by atoms with Gasteiger partial charge in [-0.1, -0.05) is 17.3 Å². The number of nitrogens with zero attached hydrogens (tertiary/aromatic N) is 4. The lowest BCUT2D eigenvalue weighted by atomic mass is 9.75. The lowest BCUT2D eigenvalue weighted by molar-refractivity contribution is -0.945.